The summed E-state index contributed by atoms with van der Waals surface area (Å²) in [5, 5.41) is 6.41. The topological polar surface area (TPSA) is 97.4 Å². The number of nitrogens with zero attached hydrogens (tertiary/aromatic N) is 1. The van der Waals surface area contributed by atoms with E-state index in [-0.39, 0.29) is 10.8 Å². The highest BCUT2D eigenvalue weighted by Gasteiger charge is 2.21. The van der Waals surface area contributed by atoms with Gasteiger partial charge in [-0.1, -0.05) is 53.0 Å². The molecule has 0 saturated heterocycles. The fraction of sp³-hybridized carbons (Fsp3) is 0.158. The number of thiophene rings is 1. The first kappa shape index (κ1) is 22.3. The number of carbonyl (C=O) groups excluding carboxylic acids is 3. The number of anilines is 1. The number of benzene rings is 1. The number of halogens is 3. The Balaban J connectivity index is 1.53. The van der Waals surface area contributed by atoms with E-state index in [1.54, 1.807) is 6.07 Å². The fourth-order valence-corrected chi connectivity index (χ4v) is 4.27. The van der Waals surface area contributed by atoms with E-state index in [1.165, 1.54) is 30.5 Å². The number of amides is 2. The van der Waals surface area contributed by atoms with E-state index in [1.807, 2.05) is 18.2 Å². The summed E-state index contributed by atoms with van der Waals surface area (Å²) in [6.07, 6.45) is 0.171. The van der Waals surface area contributed by atoms with Crippen molar-refractivity contribution in [3.63, 3.8) is 0 Å². The lowest BCUT2D eigenvalue weighted by atomic mass is 10.2. The second-order valence-electron chi connectivity index (χ2n) is 6.03. The van der Waals surface area contributed by atoms with Crippen LogP contribution >= 0.6 is 46.1 Å². The normalized spacial score (nSPS) is 11.7. The van der Waals surface area contributed by atoms with Gasteiger partial charge in [-0.15, -0.1) is 11.3 Å². The van der Waals surface area contributed by atoms with Crippen molar-refractivity contribution >= 4 is 79.8 Å². The Bertz CT molecular complexity index is 1140. The zero-order valence-corrected chi connectivity index (χ0v) is 18.5. The molecule has 0 saturated carbocycles. The smallest absolute Gasteiger partial charge is 0.326 e. The maximum atomic E-state index is 12.4. The van der Waals surface area contributed by atoms with Gasteiger partial charge in [-0.05, 0) is 19.1 Å². The predicted molar refractivity (Wildman–Crippen MR) is 118 cm³/mol. The summed E-state index contributed by atoms with van der Waals surface area (Å²) in [6.45, 7) is 0.947. The molecular formula is C19H14Cl3N3O4S. The molecule has 0 aliphatic carbocycles. The molecule has 0 fully saturated rings. The highest BCUT2D eigenvalue weighted by Crippen LogP contribution is 2.34. The molecule has 7 nitrogen and oxygen atoms in total. The monoisotopic (exact) mass is 485 g/mol. The van der Waals surface area contributed by atoms with Gasteiger partial charge in [0.1, 0.15) is 11.4 Å². The molecule has 3 rings (SSSR count). The van der Waals surface area contributed by atoms with E-state index >= 15 is 0 Å². The Morgan fingerprint density at radius 2 is 1.93 bits per heavy atom. The molecule has 0 unspecified atom stereocenters. The molecule has 156 valence electrons. The second kappa shape index (κ2) is 9.61. The number of rotatable bonds is 6. The molecule has 3 aromatic rings. The molecule has 1 aromatic carbocycles. The molecule has 0 radical (unpaired) electrons. The Morgan fingerprint density at radius 1 is 1.20 bits per heavy atom. The minimum Gasteiger partial charge on any atom is -0.451 e. The summed E-state index contributed by atoms with van der Waals surface area (Å²) in [5.74, 6) is -1.86. The van der Waals surface area contributed by atoms with Crippen LogP contribution < -0.4 is 10.6 Å². The average molecular weight is 487 g/mol. The van der Waals surface area contributed by atoms with Crippen LogP contribution in [0, 0.1) is 0 Å². The van der Waals surface area contributed by atoms with Crippen molar-refractivity contribution in [1.82, 2.24) is 10.3 Å². The van der Waals surface area contributed by atoms with Gasteiger partial charge in [-0.2, -0.15) is 0 Å². The summed E-state index contributed by atoms with van der Waals surface area (Å²) in [7, 11) is 0. The maximum absolute atomic E-state index is 12.4. The summed E-state index contributed by atoms with van der Waals surface area (Å²) < 4.78 is 5.89. The Labute approximate surface area is 190 Å². The Morgan fingerprint density at radius 3 is 2.63 bits per heavy atom. The molecule has 11 heteroatoms. The number of nitrogens with one attached hydrogen (secondary N) is 2. The van der Waals surface area contributed by atoms with Crippen molar-refractivity contribution in [2.75, 3.05) is 11.9 Å². The molecule has 2 N–H and O–H groups in total. The first-order valence-corrected chi connectivity index (χ1v) is 10.5. The highest BCUT2D eigenvalue weighted by molar-refractivity contribution is 7.21. The first-order valence-electron chi connectivity index (χ1n) is 8.53. The third-order valence-electron chi connectivity index (χ3n) is 3.86. The van der Waals surface area contributed by atoms with Gasteiger partial charge in [0.05, 0.1) is 15.1 Å². The van der Waals surface area contributed by atoms with Crippen molar-refractivity contribution in [3.05, 3.63) is 56.5 Å². The highest BCUT2D eigenvalue weighted by atomic mass is 35.5. The number of esters is 1. The van der Waals surface area contributed by atoms with Crippen LogP contribution in [0.4, 0.5) is 5.82 Å². The van der Waals surface area contributed by atoms with Gasteiger partial charge in [-0.25, -0.2) is 4.98 Å². The zero-order chi connectivity index (χ0) is 21.8. The molecule has 2 aromatic heterocycles. The van der Waals surface area contributed by atoms with Crippen LogP contribution in [0.15, 0.2) is 36.5 Å². The van der Waals surface area contributed by atoms with Gasteiger partial charge in [0.2, 0.25) is 0 Å². The number of ether oxygens (including phenoxy) is 1. The lowest BCUT2D eigenvalue weighted by Crippen LogP contribution is -2.35. The van der Waals surface area contributed by atoms with Crippen LogP contribution in [0.1, 0.15) is 16.6 Å². The second-order valence-corrected chi connectivity index (χ2v) is 8.30. The number of hydrogen-bond donors (Lipinski definition) is 2. The van der Waals surface area contributed by atoms with Crippen molar-refractivity contribution < 1.29 is 19.1 Å². The molecule has 1 atom stereocenters. The van der Waals surface area contributed by atoms with Crippen LogP contribution in [0.25, 0.3) is 10.1 Å². The minimum absolute atomic E-state index is 0.0849. The Kier molecular flexibility index (Phi) is 7.14. The molecule has 30 heavy (non-hydrogen) atoms. The molecule has 0 spiro atoms. The lowest BCUT2D eigenvalue weighted by Gasteiger charge is -2.14. The van der Waals surface area contributed by atoms with Crippen LogP contribution in [0.5, 0.6) is 0 Å². The molecule has 2 heterocycles. The average Bonchev–Trinajstić information content (AvgIpc) is 3.05. The van der Waals surface area contributed by atoms with E-state index in [2.05, 4.69) is 15.6 Å². The van der Waals surface area contributed by atoms with Crippen LogP contribution in [-0.2, 0) is 14.3 Å². The SMILES string of the molecule is C[C@@H](OC(=O)CNC(=O)c1sc2ccccc2c1Cl)C(=O)Nc1ncc(Cl)cc1Cl. The van der Waals surface area contributed by atoms with Gasteiger partial charge in [0.25, 0.3) is 11.8 Å². The fourth-order valence-electron chi connectivity index (χ4n) is 2.41. The molecule has 0 bridgehead atoms. The largest absolute Gasteiger partial charge is 0.451 e. The summed E-state index contributed by atoms with van der Waals surface area (Å²) >= 11 is 19.2. The zero-order valence-electron chi connectivity index (χ0n) is 15.4. The van der Waals surface area contributed by atoms with E-state index in [0.29, 0.717) is 14.9 Å². The first-order chi connectivity index (χ1) is 14.3. The van der Waals surface area contributed by atoms with E-state index < -0.39 is 30.4 Å². The van der Waals surface area contributed by atoms with Gasteiger partial charge in [0.15, 0.2) is 11.9 Å². The standard InChI is InChI=1S/C19H14Cl3N3O4S/c1-9(18(27)25-17-12(21)6-10(20)7-23-17)29-14(26)8-24-19(28)16-15(22)11-4-2-3-5-13(11)30-16/h2-7,9H,8H2,1H3,(H,24,28)(H,23,25,27)/t9-/m1/s1. The van der Waals surface area contributed by atoms with Crippen molar-refractivity contribution in [2.45, 2.75) is 13.0 Å². The van der Waals surface area contributed by atoms with Crippen LogP contribution in [0.2, 0.25) is 15.1 Å². The predicted octanol–water partition coefficient (Wildman–Crippen LogP) is 4.56. The Hall–Kier alpha value is -2.39. The van der Waals surface area contributed by atoms with Crippen molar-refractivity contribution in [1.29, 1.82) is 0 Å². The van der Waals surface area contributed by atoms with E-state index in [0.717, 1.165) is 10.1 Å². The molecule has 2 amide bonds. The number of hydrogen-bond acceptors (Lipinski definition) is 6. The van der Waals surface area contributed by atoms with Gasteiger partial charge < -0.3 is 15.4 Å². The van der Waals surface area contributed by atoms with E-state index in [9.17, 15) is 14.4 Å². The van der Waals surface area contributed by atoms with E-state index in [4.69, 9.17) is 39.5 Å². The lowest BCUT2D eigenvalue weighted by molar-refractivity contribution is -0.152. The number of pyridine rings is 1. The maximum Gasteiger partial charge on any atom is 0.326 e. The minimum atomic E-state index is -1.14. The summed E-state index contributed by atoms with van der Waals surface area (Å²) in [5.41, 5.74) is 0. The number of carbonyl (C=O) groups is 3. The van der Waals surface area contributed by atoms with Crippen LogP contribution in [-0.4, -0.2) is 35.4 Å². The number of aromatic nitrogens is 1. The van der Waals surface area contributed by atoms with Crippen molar-refractivity contribution in [3.8, 4) is 0 Å². The van der Waals surface area contributed by atoms with Gasteiger partial charge in [0, 0.05) is 16.3 Å². The summed E-state index contributed by atoms with van der Waals surface area (Å²) in [6, 6.07) is 8.73. The molecule has 0 aliphatic heterocycles. The summed E-state index contributed by atoms with van der Waals surface area (Å²) in [4.78, 5) is 40.7. The molecule has 0 aliphatic rings. The van der Waals surface area contributed by atoms with Gasteiger partial charge in [-0.3, -0.25) is 14.4 Å². The third-order valence-corrected chi connectivity index (χ3v) is 6.03. The van der Waals surface area contributed by atoms with Crippen molar-refractivity contribution in [2.24, 2.45) is 0 Å². The third kappa shape index (κ3) is 5.20. The van der Waals surface area contributed by atoms with Crippen LogP contribution in [0.3, 0.4) is 0 Å². The molecular weight excluding hydrogens is 473 g/mol. The quantitative estimate of drug-likeness (QED) is 0.498. The van der Waals surface area contributed by atoms with Gasteiger partial charge >= 0.3 is 5.97 Å². The number of fused-ring (bicyclic) bond motifs is 1.